The molecule has 61 heavy (non-hydrogen) atoms. The first-order chi connectivity index (χ1) is 28.1. The monoisotopic (exact) mass is 900 g/mol. The van der Waals surface area contributed by atoms with Crippen molar-refractivity contribution in [1.82, 2.24) is 0 Å². The minimum absolute atomic E-state index is 0.0572. The number of rotatable bonds is 21. The van der Waals surface area contributed by atoms with Crippen molar-refractivity contribution in [2.24, 2.45) is 0 Å². The number of carbonyl (C=O) groups is 3. The first-order valence-electron chi connectivity index (χ1n) is 17.9. The molecule has 0 aliphatic carbocycles. The summed E-state index contributed by atoms with van der Waals surface area (Å²) in [5.41, 5.74) is 1.57. The molecule has 0 heterocycles. The summed E-state index contributed by atoms with van der Waals surface area (Å²) in [5, 5.41) is 0. The molecule has 22 heteroatoms. The van der Waals surface area contributed by atoms with Crippen molar-refractivity contribution in [1.29, 1.82) is 0 Å². The number of benzene rings is 3. The molecule has 1 unspecified atom stereocenters. The number of hydrogen-bond donors (Lipinski definition) is 0. The van der Waals surface area contributed by atoms with Gasteiger partial charge in [-0.2, -0.15) is 65.9 Å². The minimum atomic E-state index is -8.52. The SMILES string of the molecule is CCCCCCC(C)OC(=O)c1ccc(OC(=O)c2ccc(-c3ccc(OCCCOC(=O)C(F)(F)C(F)(F)C(F)(F)C(F)(F)C(F)(F)C(F)(F)C(F)(F)F)cc3)cc2)cc1. The van der Waals surface area contributed by atoms with Crippen LogP contribution in [0.4, 0.5) is 65.9 Å². The van der Waals surface area contributed by atoms with Crippen molar-refractivity contribution >= 4 is 17.9 Å². The zero-order chi connectivity index (χ0) is 46.2. The Hall–Kier alpha value is -5.18. The van der Waals surface area contributed by atoms with Crippen LogP contribution in [0.2, 0.25) is 0 Å². The van der Waals surface area contributed by atoms with Gasteiger partial charge in [-0.3, -0.25) is 0 Å². The second kappa shape index (κ2) is 19.3. The zero-order valence-electron chi connectivity index (χ0n) is 31.7. The van der Waals surface area contributed by atoms with Gasteiger partial charge in [0.05, 0.1) is 30.4 Å². The van der Waals surface area contributed by atoms with E-state index in [9.17, 15) is 80.2 Å². The molecule has 338 valence electrons. The van der Waals surface area contributed by atoms with E-state index in [1.54, 1.807) is 12.1 Å². The number of halogens is 15. The molecule has 0 spiro atoms. The third kappa shape index (κ3) is 10.8. The Morgan fingerprint density at radius 3 is 1.51 bits per heavy atom. The molecule has 0 radical (unpaired) electrons. The second-order valence-corrected chi connectivity index (χ2v) is 13.4. The normalized spacial score (nSPS) is 13.7. The summed E-state index contributed by atoms with van der Waals surface area (Å²) in [7, 11) is 0. The van der Waals surface area contributed by atoms with Gasteiger partial charge in [-0.15, -0.1) is 0 Å². The standard InChI is InChI=1S/C39H35F15O7/c1-3-4-5-6-8-23(2)60-30(55)27-15-19-29(20-16-27)61-31(56)26-11-9-24(10-12-26)25-13-17-28(18-14-25)58-21-7-22-59-32(57)33(40,41)34(42,43)35(44,45)36(46,47)37(48,49)38(50,51)39(52,53)54/h9-20,23H,3-8,21-22H2,1-2H3. The van der Waals surface area contributed by atoms with Gasteiger partial charge in [0.1, 0.15) is 11.5 Å². The molecule has 0 saturated carbocycles. The summed E-state index contributed by atoms with van der Waals surface area (Å²) in [5.74, 6) is -53.4. The van der Waals surface area contributed by atoms with Crippen LogP contribution in [0, 0.1) is 0 Å². The lowest BCUT2D eigenvalue weighted by molar-refractivity contribution is -0.450. The van der Waals surface area contributed by atoms with Gasteiger partial charge >= 0.3 is 59.6 Å². The van der Waals surface area contributed by atoms with Gasteiger partial charge in [-0.05, 0) is 79.4 Å². The Morgan fingerprint density at radius 2 is 0.984 bits per heavy atom. The number of ether oxygens (including phenoxy) is 4. The number of unbranched alkanes of at least 4 members (excludes halogenated alkanes) is 3. The fourth-order valence-corrected chi connectivity index (χ4v) is 5.13. The molecule has 0 saturated heterocycles. The highest BCUT2D eigenvalue weighted by Crippen LogP contribution is 2.62. The Morgan fingerprint density at radius 1 is 0.525 bits per heavy atom. The van der Waals surface area contributed by atoms with E-state index in [1.807, 2.05) is 6.92 Å². The fraction of sp³-hybridized carbons (Fsp3) is 0.462. The Balaban J connectivity index is 1.50. The molecule has 0 amide bonds. The van der Waals surface area contributed by atoms with Crippen molar-refractivity contribution in [2.45, 2.75) is 100 Å². The topological polar surface area (TPSA) is 88.1 Å². The summed E-state index contributed by atoms with van der Waals surface area (Å²) in [6.45, 7) is 1.93. The van der Waals surface area contributed by atoms with Crippen LogP contribution in [-0.4, -0.2) is 78.9 Å². The van der Waals surface area contributed by atoms with E-state index in [-0.39, 0.29) is 28.7 Å². The van der Waals surface area contributed by atoms with Crippen LogP contribution in [-0.2, 0) is 14.3 Å². The molecule has 0 aromatic heterocycles. The lowest BCUT2D eigenvalue weighted by atomic mass is 9.91. The fourth-order valence-electron chi connectivity index (χ4n) is 5.13. The lowest BCUT2D eigenvalue weighted by Crippen LogP contribution is -2.73. The molecule has 3 aromatic rings. The Kier molecular flexibility index (Phi) is 15.8. The predicted molar refractivity (Wildman–Crippen MR) is 184 cm³/mol. The van der Waals surface area contributed by atoms with Gasteiger partial charge < -0.3 is 18.9 Å². The second-order valence-electron chi connectivity index (χ2n) is 13.4. The van der Waals surface area contributed by atoms with Gasteiger partial charge in [0.25, 0.3) is 0 Å². The van der Waals surface area contributed by atoms with E-state index >= 15 is 0 Å². The van der Waals surface area contributed by atoms with Crippen LogP contribution in [0.1, 0.15) is 73.1 Å². The summed E-state index contributed by atoms with van der Waals surface area (Å²) < 4.78 is 220. The molecule has 0 aliphatic rings. The van der Waals surface area contributed by atoms with E-state index in [4.69, 9.17) is 14.2 Å². The lowest BCUT2D eigenvalue weighted by Gasteiger charge is -2.40. The first kappa shape index (κ1) is 50.2. The van der Waals surface area contributed by atoms with Crippen molar-refractivity contribution < 1.29 is 99.2 Å². The quantitative estimate of drug-likeness (QED) is 0.0455. The highest BCUT2D eigenvalue weighted by Gasteiger charge is 2.94. The minimum Gasteiger partial charge on any atom is -0.493 e. The summed E-state index contributed by atoms with van der Waals surface area (Å²) in [6.07, 6.45) is -3.80. The molecule has 7 nitrogen and oxygen atoms in total. The molecular weight excluding hydrogens is 865 g/mol. The van der Waals surface area contributed by atoms with Crippen LogP contribution >= 0.6 is 0 Å². The van der Waals surface area contributed by atoms with Gasteiger partial charge in [0, 0.05) is 6.42 Å². The van der Waals surface area contributed by atoms with Crippen molar-refractivity contribution in [3.8, 4) is 22.6 Å². The van der Waals surface area contributed by atoms with Crippen LogP contribution in [0.3, 0.4) is 0 Å². The third-order valence-electron chi connectivity index (χ3n) is 8.76. The van der Waals surface area contributed by atoms with Gasteiger partial charge in [0.2, 0.25) is 0 Å². The molecule has 1 atom stereocenters. The molecule has 3 aromatic carbocycles. The molecule has 0 N–H and O–H groups in total. The van der Waals surface area contributed by atoms with Gasteiger partial charge in [-0.25, -0.2) is 14.4 Å². The third-order valence-corrected chi connectivity index (χ3v) is 8.76. The highest BCUT2D eigenvalue weighted by atomic mass is 19.4. The summed E-state index contributed by atoms with van der Waals surface area (Å²) in [4.78, 5) is 36.6. The zero-order valence-corrected chi connectivity index (χ0v) is 31.7. The Labute approximate surface area is 337 Å². The summed E-state index contributed by atoms with van der Waals surface area (Å²) >= 11 is 0. The largest absolute Gasteiger partial charge is 0.493 e. The number of carbonyl (C=O) groups excluding carboxylic acids is 3. The van der Waals surface area contributed by atoms with E-state index in [0.29, 0.717) is 11.1 Å². The van der Waals surface area contributed by atoms with Crippen LogP contribution in [0.15, 0.2) is 72.8 Å². The number of alkyl halides is 15. The van der Waals surface area contributed by atoms with E-state index in [0.717, 1.165) is 32.1 Å². The van der Waals surface area contributed by atoms with E-state index < -0.39 is 79.3 Å². The smallest absolute Gasteiger partial charge is 0.460 e. The van der Waals surface area contributed by atoms with Crippen LogP contribution in [0.25, 0.3) is 11.1 Å². The molecule has 3 rings (SSSR count). The molecular formula is C39H35F15O7. The van der Waals surface area contributed by atoms with Crippen LogP contribution in [0.5, 0.6) is 11.5 Å². The number of esters is 3. The predicted octanol–water partition coefficient (Wildman–Crippen LogP) is 11.8. The average molecular weight is 901 g/mol. The first-order valence-corrected chi connectivity index (χ1v) is 17.9. The van der Waals surface area contributed by atoms with Crippen molar-refractivity contribution in [3.63, 3.8) is 0 Å². The van der Waals surface area contributed by atoms with E-state index in [1.165, 1.54) is 60.7 Å². The molecule has 0 aliphatic heterocycles. The van der Waals surface area contributed by atoms with E-state index in [2.05, 4.69) is 11.7 Å². The average Bonchev–Trinajstić information content (AvgIpc) is 3.19. The summed E-state index contributed by atoms with van der Waals surface area (Å²) in [6, 6.07) is 17.5. The maximum absolute atomic E-state index is 14.0. The van der Waals surface area contributed by atoms with Crippen molar-refractivity contribution in [3.05, 3.63) is 83.9 Å². The maximum atomic E-state index is 14.0. The molecule has 0 bridgehead atoms. The Bertz CT molecular complexity index is 1930. The highest BCUT2D eigenvalue weighted by molar-refractivity contribution is 5.92. The van der Waals surface area contributed by atoms with Crippen molar-refractivity contribution in [2.75, 3.05) is 13.2 Å². The van der Waals surface area contributed by atoms with Crippen LogP contribution < -0.4 is 9.47 Å². The number of hydrogen-bond acceptors (Lipinski definition) is 7. The molecule has 0 fully saturated rings. The maximum Gasteiger partial charge on any atom is 0.460 e. The van der Waals surface area contributed by atoms with Gasteiger partial charge in [0.15, 0.2) is 0 Å². The van der Waals surface area contributed by atoms with Gasteiger partial charge in [-0.1, -0.05) is 50.5 Å².